The van der Waals surface area contributed by atoms with Gasteiger partial charge in [-0.25, -0.2) is 0 Å². The van der Waals surface area contributed by atoms with Crippen molar-refractivity contribution in [1.82, 2.24) is 10.6 Å². The molecule has 6 nitrogen and oxygen atoms in total. The quantitative estimate of drug-likeness (QED) is 0.324. The Bertz CT molecular complexity index is 715. The van der Waals surface area contributed by atoms with Crippen LogP contribution >= 0.6 is 0 Å². The average molecular weight is 308 g/mol. The third kappa shape index (κ3) is 2.96. The second kappa shape index (κ2) is 6.00. The molecule has 2 aromatic carbocycles. The van der Waals surface area contributed by atoms with E-state index in [9.17, 15) is 0 Å². The second-order valence-corrected chi connectivity index (χ2v) is 5.42. The highest BCUT2D eigenvalue weighted by molar-refractivity contribution is 5.93. The summed E-state index contributed by atoms with van der Waals surface area (Å²) < 4.78 is 0. The maximum Gasteiger partial charge on any atom is 0.192 e. The van der Waals surface area contributed by atoms with Gasteiger partial charge in [-0.15, -0.1) is 0 Å². The highest BCUT2D eigenvalue weighted by Gasteiger charge is 2.19. The Kier molecular flexibility index (Phi) is 3.89. The Morgan fingerprint density at radius 3 is 1.61 bits per heavy atom. The zero-order chi connectivity index (χ0) is 16.4. The van der Waals surface area contributed by atoms with Gasteiger partial charge in [-0.3, -0.25) is 10.8 Å². The van der Waals surface area contributed by atoms with Crippen LogP contribution in [0, 0.1) is 10.8 Å². The molecule has 0 saturated heterocycles. The van der Waals surface area contributed by atoms with E-state index in [4.69, 9.17) is 10.8 Å². The molecule has 0 unspecified atom stereocenters. The minimum Gasteiger partial charge on any atom is -0.359 e. The van der Waals surface area contributed by atoms with E-state index >= 15 is 0 Å². The molecule has 0 aliphatic heterocycles. The molecule has 6 N–H and O–H groups in total. The summed E-state index contributed by atoms with van der Waals surface area (Å²) in [5.74, 6) is 0.551. The van der Waals surface area contributed by atoms with Gasteiger partial charge in [-0.2, -0.15) is 0 Å². The molecule has 0 heterocycles. The normalized spacial score (nSPS) is 11.2. The highest BCUT2D eigenvalue weighted by atomic mass is 15.1. The van der Waals surface area contributed by atoms with Crippen LogP contribution in [0.4, 0.5) is 11.4 Å². The number of fused-ring (bicyclic) bond motifs is 3. The van der Waals surface area contributed by atoms with Crippen LogP contribution in [0.2, 0.25) is 0 Å². The smallest absolute Gasteiger partial charge is 0.192 e. The van der Waals surface area contributed by atoms with Crippen molar-refractivity contribution in [1.29, 1.82) is 10.8 Å². The summed E-state index contributed by atoms with van der Waals surface area (Å²) in [4.78, 5) is 0. The maximum atomic E-state index is 7.66. The summed E-state index contributed by atoms with van der Waals surface area (Å²) in [5.41, 5.74) is 6.77. The van der Waals surface area contributed by atoms with Crippen molar-refractivity contribution in [3.8, 4) is 11.1 Å². The van der Waals surface area contributed by atoms with Crippen LogP contribution in [0.15, 0.2) is 36.4 Å². The molecular formula is C17H20N6. The van der Waals surface area contributed by atoms with E-state index in [1.165, 1.54) is 22.3 Å². The molecule has 0 spiro atoms. The van der Waals surface area contributed by atoms with Gasteiger partial charge in [0.05, 0.1) is 0 Å². The molecule has 1 aliphatic rings. The lowest BCUT2D eigenvalue weighted by Crippen LogP contribution is -2.25. The number of anilines is 2. The van der Waals surface area contributed by atoms with Crippen LogP contribution in [-0.4, -0.2) is 26.0 Å². The first-order valence-corrected chi connectivity index (χ1v) is 7.43. The SMILES string of the molecule is CNC(=N)Nc1ccc2c(c1)Cc1cc(NC(=N)NC)ccc1-2. The van der Waals surface area contributed by atoms with E-state index in [1.54, 1.807) is 14.1 Å². The van der Waals surface area contributed by atoms with Gasteiger partial charge in [0, 0.05) is 25.5 Å². The predicted octanol–water partition coefficient (Wildman–Crippen LogP) is 2.39. The van der Waals surface area contributed by atoms with Crippen LogP contribution < -0.4 is 21.3 Å². The fraction of sp³-hybridized carbons (Fsp3) is 0.176. The molecule has 23 heavy (non-hydrogen) atoms. The number of hydrogen-bond donors (Lipinski definition) is 6. The Morgan fingerprint density at radius 2 is 1.22 bits per heavy atom. The summed E-state index contributed by atoms with van der Waals surface area (Å²) in [6.45, 7) is 0. The minimum absolute atomic E-state index is 0.275. The van der Waals surface area contributed by atoms with E-state index in [1.807, 2.05) is 12.1 Å². The summed E-state index contributed by atoms with van der Waals surface area (Å²) >= 11 is 0. The standard InChI is InChI=1S/C17H20N6/c1-20-16(18)22-12-3-5-14-10(8-12)7-11-9-13(4-6-15(11)14)23-17(19)21-2/h3-6,8-9H,7H2,1-2H3,(H3,18,20,22)(H3,19,21,23). The van der Waals surface area contributed by atoms with Gasteiger partial charge < -0.3 is 21.3 Å². The third-order valence-corrected chi connectivity index (χ3v) is 3.92. The van der Waals surface area contributed by atoms with Gasteiger partial charge in [0.15, 0.2) is 11.9 Å². The largest absolute Gasteiger partial charge is 0.359 e. The topological polar surface area (TPSA) is 95.8 Å². The van der Waals surface area contributed by atoms with Crippen LogP contribution in [0.25, 0.3) is 11.1 Å². The fourth-order valence-corrected chi connectivity index (χ4v) is 2.78. The van der Waals surface area contributed by atoms with E-state index < -0.39 is 0 Å². The monoisotopic (exact) mass is 308 g/mol. The minimum atomic E-state index is 0.275. The lowest BCUT2D eigenvalue weighted by Gasteiger charge is -2.09. The van der Waals surface area contributed by atoms with Crippen LogP contribution in [0.1, 0.15) is 11.1 Å². The molecule has 0 bridgehead atoms. The zero-order valence-electron chi connectivity index (χ0n) is 13.2. The van der Waals surface area contributed by atoms with E-state index in [0.717, 1.165) is 17.8 Å². The predicted molar refractivity (Wildman–Crippen MR) is 95.5 cm³/mol. The van der Waals surface area contributed by atoms with Gasteiger partial charge in [0.2, 0.25) is 0 Å². The molecule has 0 amide bonds. The van der Waals surface area contributed by atoms with Gasteiger partial charge >= 0.3 is 0 Å². The van der Waals surface area contributed by atoms with Gasteiger partial charge in [0.25, 0.3) is 0 Å². The molecule has 0 radical (unpaired) electrons. The molecule has 0 aromatic heterocycles. The molecular weight excluding hydrogens is 288 g/mol. The first kappa shape index (κ1) is 14.9. The van der Waals surface area contributed by atoms with E-state index in [0.29, 0.717) is 0 Å². The van der Waals surface area contributed by atoms with Crippen molar-refractivity contribution in [2.45, 2.75) is 6.42 Å². The molecule has 6 heteroatoms. The van der Waals surface area contributed by atoms with Crippen molar-refractivity contribution < 1.29 is 0 Å². The van der Waals surface area contributed by atoms with Crippen molar-refractivity contribution in [3.63, 3.8) is 0 Å². The molecule has 0 saturated carbocycles. The van der Waals surface area contributed by atoms with Crippen molar-refractivity contribution in [2.75, 3.05) is 24.7 Å². The van der Waals surface area contributed by atoms with Crippen LogP contribution in [-0.2, 0) is 6.42 Å². The van der Waals surface area contributed by atoms with E-state index in [2.05, 4.69) is 45.5 Å². The first-order valence-electron chi connectivity index (χ1n) is 7.43. The molecule has 0 atom stereocenters. The van der Waals surface area contributed by atoms with Gasteiger partial charge in [-0.1, -0.05) is 12.1 Å². The molecule has 1 aliphatic carbocycles. The van der Waals surface area contributed by atoms with E-state index in [-0.39, 0.29) is 11.9 Å². The maximum absolute atomic E-state index is 7.66. The summed E-state index contributed by atoms with van der Waals surface area (Å²) in [7, 11) is 3.44. The van der Waals surface area contributed by atoms with Crippen molar-refractivity contribution in [2.24, 2.45) is 0 Å². The number of guanidine groups is 2. The fourth-order valence-electron chi connectivity index (χ4n) is 2.78. The lowest BCUT2D eigenvalue weighted by molar-refractivity contribution is 1.13. The lowest BCUT2D eigenvalue weighted by atomic mass is 10.1. The summed E-state index contributed by atoms with van der Waals surface area (Å²) in [6.07, 6.45) is 0.857. The Hall–Kier alpha value is -3.02. The highest BCUT2D eigenvalue weighted by Crippen LogP contribution is 2.39. The Labute approximate surface area is 135 Å². The summed E-state index contributed by atoms with van der Waals surface area (Å²) in [6, 6.07) is 12.3. The van der Waals surface area contributed by atoms with Gasteiger partial charge in [0.1, 0.15) is 0 Å². The van der Waals surface area contributed by atoms with Crippen molar-refractivity contribution in [3.05, 3.63) is 47.5 Å². The zero-order valence-corrected chi connectivity index (χ0v) is 13.2. The molecule has 118 valence electrons. The second-order valence-electron chi connectivity index (χ2n) is 5.42. The average Bonchev–Trinajstić information content (AvgIpc) is 2.91. The Balaban J connectivity index is 1.85. The number of rotatable bonds is 2. The van der Waals surface area contributed by atoms with Gasteiger partial charge in [-0.05, 0) is 52.9 Å². The Morgan fingerprint density at radius 1 is 0.783 bits per heavy atom. The number of hydrogen-bond acceptors (Lipinski definition) is 2. The third-order valence-electron chi connectivity index (χ3n) is 3.92. The summed E-state index contributed by atoms with van der Waals surface area (Å²) in [5, 5.41) is 26.9. The van der Waals surface area contributed by atoms with Crippen LogP contribution in [0.3, 0.4) is 0 Å². The number of benzene rings is 2. The van der Waals surface area contributed by atoms with Crippen molar-refractivity contribution >= 4 is 23.3 Å². The number of nitrogens with one attached hydrogen (secondary N) is 6. The first-order chi connectivity index (χ1) is 11.1. The van der Waals surface area contributed by atoms with Crippen LogP contribution in [0.5, 0.6) is 0 Å². The molecule has 0 fully saturated rings. The molecule has 3 rings (SSSR count). The molecule has 2 aromatic rings.